The first-order valence-electron chi connectivity index (χ1n) is 4.67. The second-order valence-electron chi connectivity index (χ2n) is 2.89. The molecule has 0 aromatic rings. The molecule has 0 radical (unpaired) electrons. The van der Waals surface area contributed by atoms with Crippen molar-refractivity contribution < 1.29 is 9.59 Å². The molecule has 0 rings (SSSR count). The van der Waals surface area contributed by atoms with Crippen molar-refractivity contribution in [3.63, 3.8) is 0 Å². The van der Waals surface area contributed by atoms with Crippen LogP contribution in [-0.2, 0) is 9.59 Å². The molecule has 13 heavy (non-hydrogen) atoms. The summed E-state index contributed by atoms with van der Waals surface area (Å²) in [5.74, 6) is -0.237. The topological polar surface area (TPSA) is 63.4 Å². The molecule has 0 aliphatic carbocycles. The van der Waals surface area contributed by atoms with Gasteiger partial charge in [-0.15, -0.1) is 0 Å². The van der Waals surface area contributed by atoms with Gasteiger partial charge in [0.05, 0.1) is 0 Å². The highest BCUT2D eigenvalue weighted by molar-refractivity contribution is 5.78. The predicted octanol–water partition coefficient (Wildman–Crippen LogP) is 0.510. The third-order valence-electron chi connectivity index (χ3n) is 1.93. The van der Waals surface area contributed by atoms with Crippen LogP contribution in [0.4, 0.5) is 0 Å². The lowest BCUT2D eigenvalue weighted by Gasteiger charge is -2.18. The van der Waals surface area contributed by atoms with Gasteiger partial charge in [-0.25, -0.2) is 0 Å². The summed E-state index contributed by atoms with van der Waals surface area (Å²) in [6.07, 6.45) is 1.28. The number of carbonyl (C=O) groups excluding carboxylic acids is 2. The number of nitrogens with zero attached hydrogens (tertiary/aromatic N) is 1. The van der Waals surface area contributed by atoms with Gasteiger partial charge in [0.1, 0.15) is 0 Å². The lowest BCUT2D eigenvalue weighted by molar-refractivity contribution is -0.131. The van der Waals surface area contributed by atoms with Gasteiger partial charge >= 0.3 is 0 Å². The van der Waals surface area contributed by atoms with E-state index in [9.17, 15) is 9.59 Å². The van der Waals surface area contributed by atoms with Crippen LogP contribution >= 0.6 is 0 Å². The van der Waals surface area contributed by atoms with Crippen molar-refractivity contribution in [2.24, 2.45) is 5.73 Å². The minimum absolute atomic E-state index is 0.103. The van der Waals surface area contributed by atoms with Crippen molar-refractivity contribution in [1.82, 2.24) is 4.90 Å². The van der Waals surface area contributed by atoms with Crippen molar-refractivity contribution in [3.05, 3.63) is 0 Å². The number of carbonyl (C=O) groups is 2. The fraction of sp³-hybridized carbons (Fsp3) is 0.778. The van der Waals surface area contributed by atoms with E-state index in [0.29, 0.717) is 19.3 Å². The van der Waals surface area contributed by atoms with Gasteiger partial charge < -0.3 is 10.6 Å². The van der Waals surface area contributed by atoms with E-state index in [4.69, 9.17) is 5.73 Å². The van der Waals surface area contributed by atoms with Crippen LogP contribution in [0.5, 0.6) is 0 Å². The van der Waals surface area contributed by atoms with Gasteiger partial charge in [0.15, 0.2) is 0 Å². The Hall–Kier alpha value is -1.06. The summed E-state index contributed by atoms with van der Waals surface area (Å²) in [5, 5.41) is 0. The number of hydrogen-bond donors (Lipinski definition) is 1. The van der Waals surface area contributed by atoms with Crippen LogP contribution in [0.25, 0.3) is 0 Å². The molecule has 0 aromatic carbocycles. The molecule has 4 heteroatoms. The predicted molar refractivity (Wildman–Crippen MR) is 51.0 cm³/mol. The fourth-order valence-corrected chi connectivity index (χ4v) is 1.15. The molecular weight excluding hydrogens is 168 g/mol. The van der Waals surface area contributed by atoms with Crippen molar-refractivity contribution in [2.75, 3.05) is 13.1 Å². The molecule has 2 amide bonds. The highest BCUT2D eigenvalue weighted by atomic mass is 16.2. The Morgan fingerprint density at radius 1 is 1.15 bits per heavy atom. The lowest BCUT2D eigenvalue weighted by atomic mass is 10.2. The Balaban J connectivity index is 3.66. The molecule has 0 unspecified atom stereocenters. The van der Waals surface area contributed by atoms with E-state index >= 15 is 0 Å². The molecule has 0 aliphatic heterocycles. The number of primary amides is 1. The van der Waals surface area contributed by atoms with Crippen LogP contribution < -0.4 is 5.73 Å². The van der Waals surface area contributed by atoms with Gasteiger partial charge in [-0.3, -0.25) is 9.59 Å². The largest absolute Gasteiger partial charge is 0.370 e. The summed E-state index contributed by atoms with van der Waals surface area (Å²) >= 11 is 0. The smallest absolute Gasteiger partial charge is 0.222 e. The monoisotopic (exact) mass is 186 g/mol. The molecule has 4 nitrogen and oxygen atoms in total. The van der Waals surface area contributed by atoms with Gasteiger partial charge in [-0.2, -0.15) is 0 Å². The van der Waals surface area contributed by atoms with E-state index in [-0.39, 0.29) is 11.8 Å². The summed E-state index contributed by atoms with van der Waals surface area (Å²) in [4.78, 5) is 23.5. The summed E-state index contributed by atoms with van der Waals surface area (Å²) in [7, 11) is 0. The van der Waals surface area contributed by atoms with Gasteiger partial charge in [0.25, 0.3) is 0 Å². The molecule has 0 aliphatic rings. The Morgan fingerprint density at radius 2 is 1.69 bits per heavy atom. The average Bonchev–Trinajstić information content (AvgIpc) is 2.05. The summed E-state index contributed by atoms with van der Waals surface area (Å²) in [6.45, 7) is 5.34. The first-order valence-corrected chi connectivity index (χ1v) is 4.67. The quantitative estimate of drug-likeness (QED) is 0.657. The van der Waals surface area contributed by atoms with E-state index in [2.05, 4.69) is 0 Å². The molecule has 0 aromatic heterocycles. The van der Waals surface area contributed by atoms with E-state index in [0.717, 1.165) is 13.1 Å². The average molecular weight is 186 g/mol. The van der Waals surface area contributed by atoms with Gasteiger partial charge in [0.2, 0.25) is 11.8 Å². The summed E-state index contributed by atoms with van der Waals surface area (Å²) in [6, 6.07) is 0. The van der Waals surface area contributed by atoms with E-state index in [1.165, 1.54) is 0 Å². The summed E-state index contributed by atoms with van der Waals surface area (Å²) in [5.41, 5.74) is 4.96. The maximum atomic E-state index is 11.4. The number of hydrogen-bond acceptors (Lipinski definition) is 2. The normalized spacial score (nSPS) is 9.69. The van der Waals surface area contributed by atoms with Crippen LogP contribution in [0.3, 0.4) is 0 Å². The van der Waals surface area contributed by atoms with Crippen LogP contribution in [0.2, 0.25) is 0 Å². The standard InChI is InChI=1S/C9H18N2O2/c1-3-11(4-2)9(13)7-5-6-8(10)12/h3-7H2,1-2H3,(H2,10,12). The van der Waals surface area contributed by atoms with E-state index < -0.39 is 0 Å². The maximum absolute atomic E-state index is 11.4. The Kier molecular flexibility index (Phi) is 5.93. The lowest BCUT2D eigenvalue weighted by Crippen LogP contribution is -2.30. The minimum atomic E-state index is -0.340. The van der Waals surface area contributed by atoms with Crippen molar-refractivity contribution >= 4 is 11.8 Å². The Morgan fingerprint density at radius 3 is 2.08 bits per heavy atom. The van der Waals surface area contributed by atoms with Gasteiger partial charge in [0, 0.05) is 25.9 Å². The molecule has 76 valence electrons. The maximum Gasteiger partial charge on any atom is 0.222 e. The molecule has 0 fully saturated rings. The Bertz CT molecular complexity index is 176. The van der Waals surface area contributed by atoms with Gasteiger partial charge in [-0.05, 0) is 20.3 Å². The van der Waals surface area contributed by atoms with Crippen LogP contribution in [0, 0.1) is 0 Å². The zero-order valence-electron chi connectivity index (χ0n) is 8.38. The van der Waals surface area contributed by atoms with Crippen molar-refractivity contribution in [3.8, 4) is 0 Å². The fourth-order valence-electron chi connectivity index (χ4n) is 1.15. The Labute approximate surface area is 79.1 Å². The van der Waals surface area contributed by atoms with Crippen molar-refractivity contribution in [1.29, 1.82) is 0 Å². The minimum Gasteiger partial charge on any atom is -0.370 e. The third kappa shape index (κ3) is 5.22. The summed E-state index contributed by atoms with van der Waals surface area (Å²) < 4.78 is 0. The molecule has 2 N–H and O–H groups in total. The van der Waals surface area contributed by atoms with E-state index in [1.54, 1.807) is 4.90 Å². The van der Waals surface area contributed by atoms with Crippen molar-refractivity contribution in [2.45, 2.75) is 33.1 Å². The third-order valence-corrected chi connectivity index (χ3v) is 1.93. The zero-order valence-corrected chi connectivity index (χ0v) is 8.38. The van der Waals surface area contributed by atoms with Gasteiger partial charge in [-0.1, -0.05) is 0 Å². The molecule has 0 atom stereocenters. The highest BCUT2D eigenvalue weighted by Crippen LogP contribution is 2.00. The number of amides is 2. The second-order valence-corrected chi connectivity index (χ2v) is 2.89. The molecule has 0 spiro atoms. The molecular formula is C9H18N2O2. The first kappa shape index (κ1) is 11.9. The zero-order chi connectivity index (χ0) is 10.3. The van der Waals surface area contributed by atoms with Crippen LogP contribution in [0.1, 0.15) is 33.1 Å². The number of rotatable bonds is 6. The molecule has 0 heterocycles. The van der Waals surface area contributed by atoms with E-state index in [1.807, 2.05) is 13.8 Å². The molecule has 0 saturated carbocycles. The SMILES string of the molecule is CCN(CC)C(=O)CCCC(N)=O. The second kappa shape index (κ2) is 6.46. The van der Waals surface area contributed by atoms with Crippen LogP contribution in [-0.4, -0.2) is 29.8 Å². The number of nitrogens with two attached hydrogens (primary N) is 1. The first-order chi connectivity index (χ1) is 6.11. The van der Waals surface area contributed by atoms with Crippen LogP contribution in [0.15, 0.2) is 0 Å². The highest BCUT2D eigenvalue weighted by Gasteiger charge is 2.08. The molecule has 0 saturated heterocycles. The molecule has 0 bridgehead atoms.